The molecule has 4 heteroatoms. The van der Waals surface area contributed by atoms with Gasteiger partial charge in [-0.15, -0.1) is 0 Å². The van der Waals surface area contributed by atoms with Crippen LogP contribution < -0.4 is 0 Å². The quantitative estimate of drug-likeness (QED) is 0.555. The van der Waals surface area contributed by atoms with E-state index >= 15 is 0 Å². The van der Waals surface area contributed by atoms with Crippen LogP contribution in [0.5, 0.6) is 0 Å². The summed E-state index contributed by atoms with van der Waals surface area (Å²) in [5, 5.41) is 0.847. The molecule has 23 heavy (non-hydrogen) atoms. The van der Waals surface area contributed by atoms with Crippen LogP contribution in [0.4, 0.5) is 0 Å². The summed E-state index contributed by atoms with van der Waals surface area (Å²) in [6.07, 6.45) is 4.76. The van der Waals surface area contributed by atoms with E-state index in [1.54, 1.807) is 0 Å². The number of benzene rings is 2. The smallest absolute Gasteiger partial charge is 0.144 e. The third-order valence-corrected chi connectivity index (χ3v) is 3.98. The van der Waals surface area contributed by atoms with Gasteiger partial charge < -0.3 is 0 Å². The molecule has 0 unspecified atom stereocenters. The Balaban J connectivity index is 2.10. The van der Waals surface area contributed by atoms with Crippen LogP contribution in [0.25, 0.3) is 10.1 Å². The van der Waals surface area contributed by atoms with Crippen LogP contribution in [0.2, 0.25) is 0 Å². The van der Waals surface area contributed by atoms with E-state index in [9.17, 15) is 9.59 Å². The van der Waals surface area contributed by atoms with Gasteiger partial charge in [-0.2, -0.15) is 0 Å². The van der Waals surface area contributed by atoms with E-state index in [4.69, 9.17) is 23.2 Å². The summed E-state index contributed by atoms with van der Waals surface area (Å²) in [7, 11) is 0. The molecule has 0 bridgehead atoms. The molecule has 0 amide bonds. The lowest BCUT2D eigenvalue weighted by Crippen LogP contribution is -1.89. The average molecular weight is 345 g/mol. The fraction of sp³-hybridized carbons (Fsp3) is 0.0526. The molecule has 0 atom stereocenters. The molecule has 0 fully saturated rings. The van der Waals surface area contributed by atoms with Crippen molar-refractivity contribution < 1.29 is 9.59 Å². The van der Waals surface area contributed by atoms with Crippen LogP contribution >= 0.6 is 23.2 Å². The summed E-state index contributed by atoms with van der Waals surface area (Å²) < 4.78 is 0. The molecule has 0 heterocycles. The first-order valence-electron chi connectivity index (χ1n) is 6.94. The van der Waals surface area contributed by atoms with Crippen LogP contribution in [0.3, 0.4) is 0 Å². The lowest BCUT2D eigenvalue weighted by atomic mass is 10.0. The average Bonchev–Trinajstić information content (AvgIpc) is 2.56. The summed E-state index contributed by atoms with van der Waals surface area (Å²) in [6.45, 7) is 0. The third kappa shape index (κ3) is 4.92. The molecule has 0 aliphatic heterocycles. The van der Waals surface area contributed by atoms with Gasteiger partial charge in [0, 0.05) is 0 Å². The number of aldehydes is 2. The molecule has 0 aliphatic carbocycles. The molecule has 0 aromatic heterocycles. The minimum Gasteiger partial charge on any atom is -0.299 e. The fourth-order valence-electron chi connectivity index (χ4n) is 2.11. The number of allylic oxidation sites excluding steroid dienone is 2. The van der Waals surface area contributed by atoms with Crippen molar-refractivity contribution in [3.8, 4) is 0 Å². The van der Waals surface area contributed by atoms with Crippen molar-refractivity contribution in [3.63, 3.8) is 0 Å². The van der Waals surface area contributed by atoms with E-state index in [1.165, 1.54) is 12.2 Å². The van der Waals surface area contributed by atoms with E-state index in [0.717, 1.165) is 28.7 Å². The summed E-state index contributed by atoms with van der Waals surface area (Å²) in [6, 6.07) is 15.4. The van der Waals surface area contributed by atoms with E-state index in [0.29, 0.717) is 22.6 Å². The van der Waals surface area contributed by atoms with Crippen molar-refractivity contribution >= 4 is 45.8 Å². The molecular weight excluding hydrogens is 331 g/mol. The number of halogens is 2. The zero-order valence-electron chi connectivity index (χ0n) is 12.2. The molecule has 2 aromatic rings. The van der Waals surface area contributed by atoms with E-state index in [-0.39, 0.29) is 0 Å². The van der Waals surface area contributed by atoms with Crippen molar-refractivity contribution in [3.05, 3.63) is 82.9 Å². The number of rotatable bonds is 6. The molecule has 0 radical (unpaired) electrons. The highest BCUT2D eigenvalue weighted by Crippen LogP contribution is 2.21. The van der Waals surface area contributed by atoms with Crippen LogP contribution in [-0.2, 0) is 16.0 Å². The molecule has 0 aliphatic rings. The summed E-state index contributed by atoms with van der Waals surface area (Å²) >= 11 is 12.0. The van der Waals surface area contributed by atoms with E-state index in [2.05, 4.69) is 0 Å². The van der Waals surface area contributed by atoms with Gasteiger partial charge in [-0.25, -0.2) is 0 Å². The Morgan fingerprint density at radius 2 is 1.04 bits per heavy atom. The maximum absolute atomic E-state index is 10.4. The summed E-state index contributed by atoms with van der Waals surface area (Å²) in [5.74, 6) is 0. The van der Waals surface area contributed by atoms with Gasteiger partial charge in [0.05, 0.1) is 10.1 Å². The highest BCUT2D eigenvalue weighted by atomic mass is 35.5. The number of carbonyl (C=O) groups excluding carboxylic acids is 2. The Labute approximate surface area is 145 Å². The molecule has 116 valence electrons. The topological polar surface area (TPSA) is 34.1 Å². The SMILES string of the molecule is O=C/C=C(/Cl)c1ccc(Cc2ccc(/C(Cl)=C\C=O)cc2)cc1. The first-order valence-corrected chi connectivity index (χ1v) is 7.70. The monoisotopic (exact) mass is 344 g/mol. The molecule has 2 aromatic carbocycles. The van der Waals surface area contributed by atoms with Crippen molar-refractivity contribution in [2.24, 2.45) is 0 Å². The maximum atomic E-state index is 10.4. The van der Waals surface area contributed by atoms with Crippen LogP contribution in [0, 0.1) is 0 Å². The normalized spacial score (nSPS) is 12.1. The van der Waals surface area contributed by atoms with Gasteiger partial charge >= 0.3 is 0 Å². The van der Waals surface area contributed by atoms with Gasteiger partial charge in [0.25, 0.3) is 0 Å². The number of hydrogen-bond donors (Lipinski definition) is 0. The van der Waals surface area contributed by atoms with Gasteiger partial charge in [-0.1, -0.05) is 71.7 Å². The second-order valence-corrected chi connectivity index (χ2v) is 5.69. The Bertz CT molecular complexity index is 676. The standard InChI is InChI=1S/C19H14Cl2O2/c20-18(9-11-22)16-5-1-14(2-6-16)13-15-3-7-17(8-4-15)19(21)10-12-23/h1-12H,13H2/b18-9+,19-10+. The van der Waals surface area contributed by atoms with Crippen LogP contribution in [0.1, 0.15) is 22.3 Å². The largest absolute Gasteiger partial charge is 0.299 e. The van der Waals surface area contributed by atoms with Crippen molar-refractivity contribution in [1.82, 2.24) is 0 Å². The Hall–Kier alpha value is -2.16. The molecule has 0 spiro atoms. The second-order valence-electron chi connectivity index (χ2n) is 4.87. The Kier molecular flexibility index (Phi) is 6.33. The van der Waals surface area contributed by atoms with Crippen molar-refractivity contribution in [2.45, 2.75) is 6.42 Å². The Morgan fingerprint density at radius 1 is 0.696 bits per heavy atom. The Morgan fingerprint density at radius 3 is 1.35 bits per heavy atom. The van der Waals surface area contributed by atoms with Crippen molar-refractivity contribution in [1.29, 1.82) is 0 Å². The zero-order chi connectivity index (χ0) is 16.7. The maximum Gasteiger partial charge on any atom is 0.144 e. The molecule has 0 N–H and O–H groups in total. The minimum atomic E-state index is 0.424. The lowest BCUT2D eigenvalue weighted by Gasteiger charge is -2.05. The zero-order valence-corrected chi connectivity index (χ0v) is 13.7. The molecule has 2 rings (SSSR count). The minimum absolute atomic E-state index is 0.424. The van der Waals surface area contributed by atoms with Gasteiger partial charge in [0.15, 0.2) is 0 Å². The predicted octanol–water partition coefficient (Wildman–Crippen LogP) is 4.83. The van der Waals surface area contributed by atoms with E-state index in [1.807, 2.05) is 48.5 Å². The van der Waals surface area contributed by atoms with Gasteiger partial charge in [-0.3, -0.25) is 9.59 Å². The van der Waals surface area contributed by atoms with Crippen molar-refractivity contribution in [2.75, 3.05) is 0 Å². The van der Waals surface area contributed by atoms with Gasteiger partial charge in [0.2, 0.25) is 0 Å². The van der Waals surface area contributed by atoms with Crippen LogP contribution in [-0.4, -0.2) is 12.6 Å². The first kappa shape index (κ1) is 17.2. The first-order chi connectivity index (χ1) is 11.1. The van der Waals surface area contributed by atoms with Crippen LogP contribution in [0.15, 0.2) is 60.7 Å². The number of carbonyl (C=O) groups is 2. The molecule has 0 saturated carbocycles. The summed E-state index contributed by atoms with van der Waals surface area (Å²) in [4.78, 5) is 20.8. The third-order valence-electron chi connectivity index (χ3n) is 3.30. The highest BCUT2D eigenvalue weighted by Gasteiger charge is 2.02. The molecule has 2 nitrogen and oxygen atoms in total. The van der Waals surface area contributed by atoms with Gasteiger partial charge in [-0.05, 0) is 40.8 Å². The number of hydrogen-bond acceptors (Lipinski definition) is 2. The predicted molar refractivity (Wildman–Crippen MR) is 95.5 cm³/mol. The lowest BCUT2D eigenvalue weighted by molar-refractivity contribution is -0.104. The highest BCUT2D eigenvalue weighted by molar-refractivity contribution is 6.50. The summed E-state index contributed by atoms with van der Waals surface area (Å²) in [5.41, 5.74) is 3.88. The molecule has 0 saturated heterocycles. The van der Waals surface area contributed by atoms with Gasteiger partial charge in [0.1, 0.15) is 12.6 Å². The second kappa shape index (κ2) is 8.47. The van der Waals surface area contributed by atoms with E-state index < -0.39 is 0 Å². The molecular formula is C19H14Cl2O2. The fourth-order valence-corrected chi connectivity index (χ4v) is 2.47.